The zero-order valence-electron chi connectivity index (χ0n) is 18.8. The SMILES string of the molecule is N#Cc1ccc(-c2ccc(C(=O)Nc3ccc4cccnc4n3)cc2OC2CCNCC2)cc1F. The Kier molecular flexibility index (Phi) is 6.33. The predicted octanol–water partition coefficient (Wildman–Crippen LogP) is 4.69. The highest BCUT2D eigenvalue weighted by molar-refractivity contribution is 6.04. The summed E-state index contributed by atoms with van der Waals surface area (Å²) in [7, 11) is 0. The molecule has 0 radical (unpaired) electrons. The van der Waals surface area contributed by atoms with Crippen LogP contribution in [0.4, 0.5) is 10.2 Å². The Morgan fingerprint density at radius 2 is 1.97 bits per heavy atom. The monoisotopic (exact) mass is 467 g/mol. The molecule has 1 aliphatic heterocycles. The predicted molar refractivity (Wildman–Crippen MR) is 131 cm³/mol. The Morgan fingerprint density at radius 3 is 2.77 bits per heavy atom. The topological polar surface area (TPSA) is 99.9 Å². The largest absolute Gasteiger partial charge is 0.490 e. The molecule has 0 unspecified atom stereocenters. The first kappa shape index (κ1) is 22.4. The number of hydrogen-bond acceptors (Lipinski definition) is 6. The molecule has 0 bridgehead atoms. The first-order valence-electron chi connectivity index (χ1n) is 11.4. The van der Waals surface area contributed by atoms with Gasteiger partial charge >= 0.3 is 0 Å². The number of halogens is 1. The molecule has 35 heavy (non-hydrogen) atoms. The summed E-state index contributed by atoms with van der Waals surface area (Å²) in [5.41, 5.74) is 2.12. The Labute approximate surface area is 201 Å². The molecule has 2 N–H and O–H groups in total. The van der Waals surface area contributed by atoms with Gasteiger partial charge in [0.2, 0.25) is 0 Å². The minimum Gasteiger partial charge on any atom is -0.490 e. The number of carbonyl (C=O) groups excluding carboxylic acids is 1. The maximum absolute atomic E-state index is 14.3. The van der Waals surface area contributed by atoms with Crippen LogP contribution in [0.15, 0.2) is 66.9 Å². The molecule has 1 aliphatic rings. The number of ether oxygens (including phenoxy) is 1. The molecule has 0 saturated carbocycles. The van der Waals surface area contributed by atoms with Gasteiger partial charge in [-0.1, -0.05) is 6.07 Å². The highest BCUT2D eigenvalue weighted by atomic mass is 19.1. The fourth-order valence-electron chi connectivity index (χ4n) is 4.08. The summed E-state index contributed by atoms with van der Waals surface area (Å²) in [5, 5.41) is 16.0. The van der Waals surface area contributed by atoms with Crippen molar-refractivity contribution >= 4 is 22.8 Å². The van der Waals surface area contributed by atoms with Gasteiger partial charge in [0.05, 0.1) is 5.56 Å². The molecular formula is C27H22FN5O2. The zero-order valence-corrected chi connectivity index (χ0v) is 18.8. The van der Waals surface area contributed by atoms with Gasteiger partial charge in [-0.25, -0.2) is 14.4 Å². The van der Waals surface area contributed by atoms with E-state index in [-0.39, 0.29) is 17.6 Å². The van der Waals surface area contributed by atoms with Gasteiger partial charge < -0.3 is 15.4 Å². The van der Waals surface area contributed by atoms with E-state index >= 15 is 0 Å². The Hall–Kier alpha value is -4.35. The summed E-state index contributed by atoms with van der Waals surface area (Å²) in [6, 6.07) is 18.6. The van der Waals surface area contributed by atoms with Crippen molar-refractivity contribution in [3.8, 4) is 22.9 Å². The van der Waals surface area contributed by atoms with Crippen LogP contribution in [0.1, 0.15) is 28.8 Å². The Balaban J connectivity index is 1.46. The van der Waals surface area contributed by atoms with Crippen LogP contribution in [-0.2, 0) is 0 Å². The van der Waals surface area contributed by atoms with E-state index in [1.165, 1.54) is 12.1 Å². The molecule has 1 amide bonds. The quantitative estimate of drug-likeness (QED) is 0.442. The number of pyridine rings is 2. The number of piperidine rings is 1. The lowest BCUT2D eigenvalue weighted by Gasteiger charge is -2.25. The van der Waals surface area contributed by atoms with Crippen LogP contribution in [0.2, 0.25) is 0 Å². The standard InChI is InChI=1S/C27H22FN5O2/c28-23-14-18(3-4-20(23)16-29)22-7-5-19(15-24(22)35-21-9-12-30-13-10-21)27(34)33-25-8-6-17-2-1-11-31-26(17)32-25/h1-8,11,14-15,21,30H,9-10,12-13H2,(H,31,32,33,34). The van der Waals surface area contributed by atoms with Crippen molar-refractivity contribution in [1.82, 2.24) is 15.3 Å². The molecule has 2 aromatic carbocycles. The third kappa shape index (κ3) is 4.95. The normalized spacial score (nSPS) is 13.8. The Bertz CT molecular complexity index is 1440. The van der Waals surface area contributed by atoms with Crippen LogP contribution in [0.3, 0.4) is 0 Å². The van der Waals surface area contributed by atoms with E-state index in [1.54, 1.807) is 36.5 Å². The van der Waals surface area contributed by atoms with Crippen molar-refractivity contribution in [3.05, 3.63) is 83.8 Å². The maximum Gasteiger partial charge on any atom is 0.256 e. The molecule has 8 heteroatoms. The lowest BCUT2D eigenvalue weighted by Crippen LogP contribution is -2.34. The van der Waals surface area contributed by atoms with Gasteiger partial charge in [-0.05, 0) is 86.1 Å². The van der Waals surface area contributed by atoms with E-state index in [0.717, 1.165) is 31.3 Å². The van der Waals surface area contributed by atoms with Crippen molar-refractivity contribution in [2.45, 2.75) is 18.9 Å². The number of nitrogens with one attached hydrogen (secondary N) is 2. The Morgan fingerprint density at radius 1 is 1.11 bits per heavy atom. The van der Waals surface area contributed by atoms with E-state index in [0.29, 0.717) is 33.9 Å². The zero-order chi connectivity index (χ0) is 24.2. The number of rotatable bonds is 5. The molecule has 2 aromatic heterocycles. The molecule has 5 rings (SSSR count). The van der Waals surface area contributed by atoms with Crippen LogP contribution < -0.4 is 15.4 Å². The number of aromatic nitrogens is 2. The first-order valence-corrected chi connectivity index (χ1v) is 11.4. The number of carbonyl (C=O) groups is 1. The van der Waals surface area contributed by atoms with Crippen molar-refractivity contribution in [1.29, 1.82) is 5.26 Å². The number of fused-ring (bicyclic) bond motifs is 1. The van der Waals surface area contributed by atoms with Crippen LogP contribution >= 0.6 is 0 Å². The van der Waals surface area contributed by atoms with Gasteiger partial charge in [-0.2, -0.15) is 5.26 Å². The second-order valence-electron chi connectivity index (χ2n) is 8.29. The van der Waals surface area contributed by atoms with Gasteiger partial charge in [0.15, 0.2) is 5.65 Å². The van der Waals surface area contributed by atoms with Crippen molar-refractivity contribution in [2.75, 3.05) is 18.4 Å². The summed E-state index contributed by atoms with van der Waals surface area (Å²) < 4.78 is 20.6. The van der Waals surface area contributed by atoms with E-state index in [9.17, 15) is 9.18 Å². The number of anilines is 1. The van der Waals surface area contributed by atoms with E-state index in [4.69, 9.17) is 10.00 Å². The highest BCUT2D eigenvalue weighted by Crippen LogP contribution is 2.34. The number of benzene rings is 2. The second kappa shape index (κ2) is 9.87. The molecule has 3 heterocycles. The fraction of sp³-hybridized carbons (Fsp3) is 0.185. The average Bonchev–Trinajstić information content (AvgIpc) is 2.89. The first-order chi connectivity index (χ1) is 17.1. The summed E-state index contributed by atoms with van der Waals surface area (Å²) in [4.78, 5) is 21.7. The third-order valence-corrected chi connectivity index (χ3v) is 5.93. The summed E-state index contributed by atoms with van der Waals surface area (Å²) in [5.74, 6) is -0.0711. The lowest BCUT2D eigenvalue weighted by molar-refractivity contribution is 0.102. The van der Waals surface area contributed by atoms with Gasteiger partial charge in [0.1, 0.15) is 29.6 Å². The van der Waals surface area contributed by atoms with Crippen LogP contribution in [0.5, 0.6) is 5.75 Å². The summed E-state index contributed by atoms with van der Waals surface area (Å²) in [6.07, 6.45) is 3.28. The van der Waals surface area contributed by atoms with Crippen molar-refractivity contribution < 1.29 is 13.9 Å². The minimum absolute atomic E-state index is 0.0234. The molecule has 0 aliphatic carbocycles. The summed E-state index contributed by atoms with van der Waals surface area (Å²) >= 11 is 0. The molecule has 1 saturated heterocycles. The smallest absolute Gasteiger partial charge is 0.256 e. The van der Waals surface area contributed by atoms with E-state index in [1.807, 2.05) is 24.3 Å². The lowest BCUT2D eigenvalue weighted by atomic mass is 10.00. The number of hydrogen-bond donors (Lipinski definition) is 2. The second-order valence-corrected chi connectivity index (χ2v) is 8.29. The van der Waals surface area contributed by atoms with Gasteiger partial charge in [0.25, 0.3) is 5.91 Å². The molecule has 4 aromatic rings. The molecule has 0 atom stereocenters. The molecule has 174 valence electrons. The minimum atomic E-state index is -0.601. The van der Waals surface area contributed by atoms with Gasteiger partial charge in [-0.3, -0.25) is 4.79 Å². The van der Waals surface area contributed by atoms with Gasteiger partial charge in [-0.15, -0.1) is 0 Å². The van der Waals surface area contributed by atoms with Crippen LogP contribution in [-0.4, -0.2) is 35.1 Å². The van der Waals surface area contributed by atoms with Gasteiger partial charge in [0, 0.05) is 22.7 Å². The van der Waals surface area contributed by atoms with Crippen molar-refractivity contribution in [3.63, 3.8) is 0 Å². The average molecular weight is 468 g/mol. The van der Waals surface area contributed by atoms with E-state index < -0.39 is 5.82 Å². The van der Waals surface area contributed by atoms with E-state index in [2.05, 4.69) is 20.6 Å². The number of nitriles is 1. The highest BCUT2D eigenvalue weighted by Gasteiger charge is 2.19. The maximum atomic E-state index is 14.3. The molecule has 0 spiro atoms. The molecule has 7 nitrogen and oxygen atoms in total. The van der Waals surface area contributed by atoms with Crippen LogP contribution in [0, 0.1) is 17.1 Å². The number of nitrogens with zero attached hydrogens (tertiary/aromatic N) is 3. The molecular weight excluding hydrogens is 445 g/mol. The number of amides is 1. The molecule has 1 fully saturated rings. The fourth-order valence-corrected chi connectivity index (χ4v) is 4.08. The third-order valence-electron chi connectivity index (χ3n) is 5.93. The summed E-state index contributed by atoms with van der Waals surface area (Å²) in [6.45, 7) is 1.68. The van der Waals surface area contributed by atoms with Crippen LogP contribution in [0.25, 0.3) is 22.2 Å². The van der Waals surface area contributed by atoms with Crippen molar-refractivity contribution in [2.24, 2.45) is 0 Å².